The Morgan fingerprint density at radius 2 is 2.28 bits per heavy atom. The third kappa shape index (κ3) is 1.50. The summed E-state index contributed by atoms with van der Waals surface area (Å²) in [6.07, 6.45) is 2.82. The van der Waals surface area contributed by atoms with Crippen LogP contribution < -0.4 is 4.74 Å². The van der Waals surface area contributed by atoms with Gasteiger partial charge < -0.3 is 9.84 Å². The number of methoxy groups -OCH3 is 1. The highest BCUT2D eigenvalue weighted by molar-refractivity contribution is 5.95. The SMILES string of the molecule is COc1cccc([C@@]23CCC[C@@H](C2=O)[C@@H](O)C3)c1. The van der Waals surface area contributed by atoms with Gasteiger partial charge in [0, 0.05) is 5.92 Å². The van der Waals surface area contributed by atoms with Crippen LogP contribution in [0.15, 0.2) is 24.3 Å². The van der Waals surface area contributed by atoms with Crippen LogP contribution in [0.5, 0.6) is 5.75 Å². The van der Waals surface area contributed by atoms with Gasteiger partial charge in [0.25, 0.3) is 0 Å². The summed E-state index contributed by atoms with van der Waals surface area (Å²) in [4.78, 5) is 12.5. The number of hydrogen-bond acceptors (Lipinski definition) is 3. The van der Waals surface area contributed by atoms with E-state index in [1.165, 1.54) is 0 Å². The number of aliphatic hydroxyl groups is 1. The summed E-state index contributed by atoms with van der Waals surface area (Å²) in [6, 6.07) is 7.74. The van der Waals surface area contributed by atoms with E-state index in [-0.39, 0.29) is 11.7 Å². The fourth-order valence-corrected chi connectivity index (χ4v) is 3.63. The van der Waals surface area contributed by atoms with Crippen molar-refractivity contribution in [3.63, 3.8) is 0 Å². The lowest BCUT2D eigenvalue weighted by atomic mass is 9.70. The van der Waals surface area contributed by atoms with E-state index in [0.29, 0.717) is 6.42 Å². The topological polar surface area (TPSA) is 46.5 Å². The summed E-state index contributed by atoms with van der Waals surface area (Å²) < 4.78 is 5.24. The molecule has 3 rings (SSSR count). The van der Waals surface area contributed by atoms with Crippen molar-refractivity contribution in [1.29, 1.82) is 0 Å². The van der Waals surface area contributed by atoms with Crippen LogP contribution in [0.2, 0.25) is 0 Å². The van der Waals surface area contributed by atoms with E-state index in [2.05, 4.69) is 0 Å². The number of benzene rings is 1. The predicted molar refractivity (Wildman–Crippen MR) is 67.6 cm³/mol. The molecule has 0 amide bonds. The molecule has 2 aliphatic rings. The second-order valence-electron chi connectivity index (χ2n) is 5.45. The van der Waals surface area contributed by atoms with Crippen molar-refractivity contribution in [3.05, 3.63) is 29.8 Å². The molecule has 0 heterocycles. The van der Waals surface area contributed by atoms with Gasteiger partial charge in [0.15, 0.2) is 0 Å². The largest absolute Gasteiger partial charge is 0.497 e. The van der Waals surface area contributed by atoms with Gasteiger partial charge in [-0.1, -0.05) is 18.6 Å². The van der Waals surface area contributed by atoms with Gasteiger partial charge in [-0.3, -0.25) is 4.79 Å². The second kappa shape index (κ2) is 4.09. The van der Waals surface area contributed by atoms with Crippen LogP contribution in [0.25, 0.3) is 0 Å². The number of ketones is 1. The monoisotopic (exact) mass is 246 g/mol. The van der Waals surface area contributed by atoms with E-state index in [1.54, 1.807) is 7.11 Å². The molecule has 1 aromatic rings. The number of fused-ring (bicyclic) bond motifs is 2. The Kier molecular flexibility index (Phi) is 2.67. The minimum absolute atomic E-state index is 0.148. The summed E-state index contributed by atoms with van der Waals surface area (Å²) >= 11 is 0. The first kappa shape index (κ1) is 11.7. The molecule has 3 heteroatoms. The molecule has 0 unspecified atom stereocenters. The van der Waals surface area contributed by atoms with Gasteiger partial charge >= 0.3 is 0 Å². The van der Waals surface area contributed by atoms with E-state index >= 15 is 0 Å². The molecule has 2 aliphatic carbocycles. The number of carbonyl (C=O) groups excluding carboxylic acids is 1. The Hall–Kier alpha value is -1.35. The molecule has 2 fully saturated rings. The summed E-state index contributed by atoms with van der Waals surface area (Å²) in [6.45, 7) is 0. The first-order chi connectivity index (χ1) is 8.67. The van der Waals surface area contributed by atoms with Gasteiger partial charge in [-0.25, -0.2) is 0 Å². The molecule has 0 saturated heterocycles. The van der Waals surface area contributed by atoms with Crippen LogP contribution >= 0.6 is 0 Å². The number of ether oxygens (including phenoxy) is 1. The maximum Gasteiger partial charge on any atom is 0.149 e. The second-order valence-corrected chi connectivity index (χ2v) is 5.45. The van der Waals surface area contributed by atoms with E-state index in [4.69, 9.17) is 4.74 Å². The number of hydrogen-bond donors (Lipinski definition) is 1. The Bertz CT molecular complexity index is 482. The number of rotatable bonds is 2. The van der Waals surface area contributed by atoms with Crippen LogP contribution in [0.4, 0.5) is 0 Å². The van der Waals surface area contributed by atoms with Crippen molar-refractivity contribution in [1.82, 2.24) is 0 Å². The third-order valence-corrected chi connectivity index (χ3v) is 4.57. The van der Waals surface area contributed by atoms with Crippen LogP contribution in [-0.4, -0.2) is 24.1 Å². The Morgan fingerprint density at radius 3 is 3.06 bits per heavy atom. The highest BCUT2D eigenvalue weighted by atomic mass is 16.5. The maximum atomic E-state index is 12.5. The van der Waals surface area contributed by atoms with Crippen molar-refractivity contribution < 1.29 is 14.6 Å². The first-order valence-corrected chi connectivity index (χ1v) is 6.54. The Balaban J connectivity index is 2.06. The predicted octanol–water partition coefficient (Wildman–Crippen LogP) is 2.07. The average Bonchev–Trinajstić information content (AvgIpc) is 2.55. The van der Waals surface area contributed by atoms with Crippen LogP contribution in [0.1, 0.15) is 31.2 Å². The molecule has 18 heavy (non-hydrogen) atoms. The fourth-order valence-electron chi connectivity index (χ4n) is 3.63. The normalized spacial score (nSPS) is 34.7. The van der Waals surface area contributed by atoms with E-state index in [0.717, 1.165) is 30.6 Å². The molecule has 96 valence electrons. The van der Waals surface area contributed by atoms with Crippen LogP contribution in [0, 0.1) is 5.92 Å². The summed E-state index contributed by atoms with van der Waals surface area (Å²) in [5, 5.41) is 10.1. The summed E-state index contributed by atoms with van der Waals surface area (Å²) in [5.74, 6) is 0.859. The van der Waals surface area contributed by atoms with Gasteiger partial charge in [0.1, 0.15) is 11.5 Å². The molecule has 1 N–H and O–H groups in total. The minimum Gasteiger partial charge on any atom is -0.497 e. The molecule has 0 aliphatic heterocycles. The molecular formula is C15H18O3. The standard InChI is InChI=1S/C15H18O3/c1-18-11-5-2-4-10(8-11)15-7-3-6-12(14(15)17)13(16)9-15/h2,4-5,8,12-13,16H,3,6-7,9H2,1H3/t12-,13+,15+/m1/s1. The van der Waals surface area contributed by atoms with Crippen LogP contribution in [0.3, 0.4) is 0 Å². The smallest absolute Gasteiger partial charge is 0.149 e. The van der Waals surface area contributed by atoms with Crippen molar-refractivity contribution in [2.75, 3.05) is 7.11 Å². The van der Waals surface area contributed by atoms with Gasteiger partial charge in [-0.2, -0.15) is 0 Å². The van der Waals surface area contributed by atoms with Gasteiger partial charge in [0.05, 0.1) is 18.6 Å². The molecule has 1 aromatic carbocycles. The third-order valence-electron chi connectivity index (χ3n) is 4.57. The average molecular weight is 246 g/mol. The Labute approximate surface area is 107 Å². The zero-order chi connectivity index (χ0) is 12.8. The zero-order valence-corrected chi connectivity index (χ0v) is 10.6. The first-order valence-electron chi connectivity index (χ1n) is 6.54. The number of carbonyl (C=O) groups is 1. The number of aliphatic hydroxyl groups excluding tert-OH is 1. The fraction of sp³-hybridized carbons (Fsp3) is 0.533. The molecule has 2 bridgehead atoms. The van der Waals surface area contributed by atoms with E-state index < -0.39 is 11.5 Å². The van der Waals surface area contributed by atoms with Gasteiger partial charge in [-0.15, -0.1) is 0 Å². The molecule has 3 atom stereocenters. The van der Waals surface area contributed by atoms with Crippen molar-refractivity contribution >= 4 is 5.78 Å². The lowest BCUT2D eigenvalue weighted by Crippen LogP contribution is -2.36. The summed E-state index contributed by atoms with van der Waals surface area (Å²) in [5.41, 5.74) is 0.546. The minimum atomic E-state index is -0.466. The zero-order valence-electron chi connectivity index (χ0n) is 10.6. The molecule has 2 saturated carbocycles. The quantitative estimate of drug-likeness (QED) is 0.869. The summed E-state index contributed by atoms with van der Waals surface area (Å²) in [7, 11) is 1.63. The lowest BCUT2D eigenvalue weighted by molar-refractivity contribution is -0.128. The molecule has 0 aromatic heterocycles. The van der Waals surface area contributed by atoms with Gasteiger partial charge in [0.2, 0.25) is 0 Å². The molecule has 0 radical (unpaired) electrons. The highest BCUT2D eigenvalue weighted by Gasteiger charge is 2.55. The van der Waals surface area contributed by atoms with E-state index in [9.17, 15) is 9.90 Å². The maximum absolute atomic E-state index is 12.5. The van der Waals surface area contributed by atoms with E-state index in [1.807, 2.05) is 24.3 Å². The number of Topliss-reactive ketones (excluding diaryl/α,β-unsaturated/α-hetero) is 1. The van der Waals surface area contributed by atoms with Crippen molar-refractivity contribution in [3.8, 4) is 5.75 Å². The molecule has 0 spiro atoms. The highest BCUT2D eigenvalue weighted by Crippen LogP contribution is 2.50. The molecule has 3 nitrogen and oxygen atoms in total. The Morgan fingerprint density at radius 1 is 1.44 bits per heavy atom. The van der Waals surface area contributed by atoms with Gasteiger partial charge in [-0.05, 0) is 37.0 Å². The molecular weight excluding hydrogens is 228 g/mol. The van der Waals surface area contributed by atoms with Crippen molar-refractivity contribution in [2.24, 2.45) is 5.92 Å². The lowest BCUT2D eigenvalue weighted by Gasteiger charge is -2.31. The van der Waals surface area contributed by atoms with Crippen LogP contribution in [-0.2, 0) is 10.2 Å². The van der Waals surface area contributed by atoms with Crippen molar-refractivity contribution in [2.45, 2.75) is 37.2 Å².